The molecule has 1 unspecified atom stereocenters. The van der Waals surface area contributed by atoms with E-state index < -0.39 is 0 Å². The van der Waals surface area contributed by atoms with Crippen LogP contribution in [0.5, 0.6) is 5.75 Å². The van der Waals surface area contributed by atoms with Gasteiger partial charge in [0, 0.05) is 12.1 Å². The summed E-state index contributed by atoms with van der Waals surface area (Å²) in [5, 5.41) is 2.85. The number of nitrogens with one attached hydrogen (secondary N) is 1. The Morgan fingerprint density at radius 1 is 1.47 bits per heavy atom. The molecule has 1 atom stereocenters. The molecular weight excluding hydrogens is 218 g/mol. The van der Waals surface area contributed by atoms with Crippen molar-refractivity contribution in [2.75, 3.05) is 18.5 Å². The van der Waals surface area contributed by atoms with Crippen LogP contribution in [-0.4, -0.2) is 24.7 Å². The standard InChI is InChI=1S/C13H15NO3/c1-13(8-17-13)7-16-10-3-4-11-9(6-10)2-5-12(15)14-11/h3-4,6H,2,5,7-8H2,1H3,(H,14,15). The first-order chi connectivity index (χ1) is 8.15. The fraction of sp³-hybridized carbons (Fsp3) is 0.462. The highest BCUT2D eigenvalue weighted by atomic mass is 16.6. The minimum absolute atomic E-state index is 0.0880. The normalized spacial score (nSPS) is 26.1. The van der Waals surface area contributed by atoms with Crippen LogP contribution in [0.3, 0.4) is 0 Å². The van der Waals surface area contributed by atoms with Crippen LogP contribution in [0.25, 0.3) is 0 Å². The van der Waals surface area contributed by atoms with Crippen LogP contribution >= 0.6 is 0 Å². The van der Waals surface area contributed by atoms with E-state index in [1.54, 1.807) is 0 Å². The molecule has 2 heterocycles. The number of hydrogen-bond donors (Lipinski definition) is 1. The monoisotopic (exact) mass is 233 g/mol. The molecule has 0 spiro atoms. The highest BCUT2D eigenvalue weighted by molar-refractivity contribution is 5.93. The largest absolute Gasteiger partial charge is 0.490 e. The highest BCUT2D eigenvalue weighted by Gasteiger charge is 2.40. The summed E-state index contributed by atoms with van der Waals surface area (Å²) < 4.78 is 11.0. The van der Waals surface area contributed by atoms with Crippen molar-refractivity contribution in [3.63, 3.8) is 0 Å². The fourth-order valence-electron chi connectivity index (χ4n) is 1.89. The number of ether oxygens (including phenoxy) is 2. The maximum absolute atomic E-state index is 11.2. The van der Waals surface area contributed by atoms with Gasteiger partial charge in [-0.15, -0.1) is 0 Å². The third-order valence-electron chi connectivity index (χ3n) is 3.15. The van der Waals surface area contributed by atoms with Gasteiger partial charge in [0.25, 0.3) is 0 Å². The average Bonchev–Trinajstić information content (AvgIpc) is 3.05. The molecule has 1 aromatic rings. The predicted molar refractivity (Wildman–Crippen MR) is 63.2 cm³/mol. The van der Waals surface area contributed by atoms with E-state index in [0.717, 1.165) is 30.0 Å². The van der Waals surface area contributed by atoms with Gasteiger partial charge in [0.1, 0.15) is 18.0 Å². The number of rotatable bonds is 3. The molecule has 1 saturated heterocycles. The highest BCUT2D eigenvalue weighted by Crippen LogP contribution is 2.30. The lowest BCUT2D eigenvalue weighted by Gasteiger charge is -2.18. The van der Waals surface area contributed by atoms with Crippen molar-refractivity contribution in [3.8, 4) is 5.75 Å². The molecule has 0 bridgehead atoms. The number of epoxide rings is 1. The fourth-order valence-corrected chi connectivity index (χ4v) is 1.89. The van der Waals surface area contributed by atoms with Crippen LogP contribution in [0.15, 0.2) is 18.2 Å². The van der Waals surface area contributed by atoms with E-state index >= 15 is 0 Å². The SMILES string of the molecule is CC1(COc2ccc3c(c2)CCC(=O)N3)CO1. The molecule has 17 heavy (non-hydrogen) atoms. The Bertz CT molecular complexity index is 466. The van der Waals surface area contributed by atoms with Crippen molar-refractivity contribution >= 4 is 11.6 Å². The van der Waals surface area contributed by atoms with Crippen molar-refractivity contribution in [1.29, 1.82) is 0 Å². The van der Waals surface area contributed by atoms with Crippen LogP contribution in [0.1, 0.15) is 18.9 Å². The average molecular weight is 233 g/mol. The van der Waals surface area contributed by atoms with E-state index in [1.807, 2.05) is 25.1 Å². The lowest BCUT2D eigenvalue weighted by Crippen LogP contribution is -2.19. The summed E-state index contributed by atoms with van der Waals surface area (Å²) in [5.74, 6) is 0.932. The van der Waals surface area contributed by atoms with Gasteiger partial charge in [-0.1, -0.05) is 0 Å². The second kappa shape index (κ2) is 3.74. The van der Waals surface area contributed by atoms with Crippen molar-refractivity contribution in [3.05, 3.63) is 23.8 Å². The molecule has 1 amide bonds. The van der Waals surface area contributed by atoms with Crippen LogP contribution in [0, 0.1) is 0 Å². The Morgan fingerprint density at radius 3 is 3.06 bits per heavy atom. The Balaban J connectivity index is 1.72. The zero-order valence-corrected chi connectivity index (χ0v) is 9.79. The van der Waals surface area contributed by atoms with Gasteiger partial charge in [0.05, 0.1) is 6.61 Å². The van der Waals surface area contributed by atoms with Gasteiger partial charge >= 0.3 is 0 Å². The number of benzene rings is 1. The summed E-state index contributed by atoms with van der Waals surface area (Å²) in [6, 6.07) is 5.79. The van der Waals surface area contributed by atoms with Crippen LogP contribution < -0.4 is 10.1 Å². The Morgan fingerprint density at radius 2 is 2.29 bits per heavy atom. The molecule has 4 nitrogen and oxygen atoms in total. The lowest BCUT2D eigenvalue weighted by molar-refractivity contribution is -0.116. The molecule has 0 saturated carbocycles. The molecule has 0 aromatic heterocycles. The second-order valence-electron chi connectivity index (χ2n) is 4.89. The first-order valence-electron chi connectivity index (χ1n) is 5.84. The second-order valence-corrected chi connectivity index (χ2v) is 4.89. The van der Waals surface area contributed by atoms with Gasteiger partial charge in [-0.3, -0.25) is 4.79 Å². The molecule has 1 N–H and O–H groups in total. The van der Waals surface area contributed by atoms with E-state index in [4.69, 9.17) is 9.47 Å². The third-order valence-corrected chi connectivity index (χ3v) is 3.15. The number of fused-ring (bicyclic) bond motifs is 1. The zero-order valence-electron chi connectivity index (χ0n) is 9.79. The molecule has 90 valence electrons. The number of carbonyl (C=O) groups is 1. The number of carbonyl (C=O) groups excluding carboxylic acids is 1. The first kappa shape index (κ1) is 10.6. The number of amides is 1. The van der Waals surface area contributed by atoms with Gasteiger partial charge in [-0.05, 0) is 37.1 Å². The summed E-state index contributed by atoms with van der Waals surface area (Å²) in [4.78, 5) is 11.2. The molecule has 2 aliphatic rings. The third kappa shape index (κ3) is 2.26. The molecule has 0 aliphatic carbocycles. The number of hydrogen-bond acceptors (Lipinski definition) is 3. The smallest absolute Gasteiger partial charge is 0.224 e. The topological polar surface area (TPSA) is 50.9 Å². The Labute approximate surface area is 99.9 Å². The molecule has 4 heteroatoms. The van der Waals surface area contributed by atoms with Gasteiger partial charge in [0.2, 0.25) is 5.91 Å². The maximum Gasteiger partial charge on any atom is 0.224 e. The van der Waals surface area contributed by atoms with Crippen molar-refractivity contribution in [2.45, 2.75) is 25.4 Å². The van der Waals surface area contributed by atoms with Gasteiger partial charge in [-0.25, -0.2) is 0 Å². The molecule has 2 aliphatic heterocycles. The Kier molecular flexibility index (Phi) is 2.33. The molecule has 1 aromatic carbocycles. The minimum atomic E-state index is -0.0931. The van der Waals surface area contributed by atoms with E-state index in [2.05, 4.69) is 5.32 Å². The summed E-state index contributed by atoms with van der Waals surface area (Å²) in [7, 11) is 0. The van der Waals surface area contributed by atoms with Gasteiger partial charge in [-0.2, -0.15) is 0 Å². The van der Waals surface area contributed by atoms with E-state index in [9.17, 15) is 4.79 Å². The zero-order chi connectivity index (χ0) is 11.9. The quantitative estimate of drug-likeness (QED) is 0.809. The number of anilines is 1. The van der Waals surface area contributed by atoms with Crippen molar-refractivity contribution in [1.82, 2.24) is 0 Å². The van der Waals surface area contributed by atoms with Gasteiger partial charge in [0.15, 0.2) is 0 Å². The Hall–Kier alpha value is -1.55. The molecule has 3 rings (SSSR count). The summed E-state index contributed by atoms with van der Waals surface area (Å²) >= 11 is 0. The molecule has 1 fully saturated rings. The summed E-state index contributed by atoms with van der Waals surface area (Å²) in [6.07, 6.45) is 1.34. The van der Waals surface area contributed by atoms with Crippen LogP contribution in [0.4, 0.5) is 5.69 Å². The van der Waals surface area contributed by atoms with Gasteiger partial charge < -0.3 is 14.8 Å². The first-order valence-corrected chi connectivity index (χ1v) is 5.84. The molecular formula is C13H15NO3. The number of aryl methyl sites for hydroxylation is 1. The van der Waals surface area contributed by atoms with Crippen LogP contribution in [-0.2, 0) is 16.0 Å². The molecule has 0 radical (unpaired) electrons. The van der Waals surface area contributed by atoms with E-state index in [1.165, 1.54) is 0 Å². The summed E-state index contributed by atoms with van der Waals surface area (Å²) in [6.45, 7) is 3.39. The lowest BCUT2D eigenvalue weighted by atomic mass is 10.0. The van der Waals surface area contributed by atoms with E-state index in [-0.39, 0.29) is 11.5 Å². The minimum Gasteiger partial charge on any atom is -0.490 e. The van der Waals surface area contributed by atoms with Crippen molar-refractivity contribution in [2.24, 2.45) is 0 Å². The maximum atomic E-state index is 11.2. The summed E-state index contributed by atoms with van der Waals surface area (Å²) in [5.41, 5.74) is 1.95. The van der Waals surface area contributed by atoms with Crippen LogP contribution in [0.2, 0.25) is 0 Å². The van der Waals surface area contributed by atoms with Crippen molar-refractivity contribution < 1.29 is 14.3 Å². The predicted octanol–water partition coefficient (Wildman–Crippen LogP) is 1.74. The van der Waals surface area contributed by atoms with E-state index in [0.29, 0.717) is 13.0 Å².